The molecule has 0 atom stereocenters. The van der Waals surface area contributed by atoms with Crippen LogP contribution in [0.5, 0.6) is 0 Å². The van der Waals surface area contributed by atoms with Crippen LogP contribution >= 0.6 is 0 Å². The summed E-state index contributed by atoms with van der Waals surface area (Å²) in [6.07, 6.45) is 1.37. The molecule has 0 aromatic rings. The monoisotopic (exact) mass is 173 g/mol. The number of amides is 1. The molecule has 0 aliphatic carbocycles. The Labute approximate surface area is 72.5 Å². The molecule has 0 aromatic carbocycles. The predicted molar refractivity (Wildman–Crippen MR) is 45.7 cm³/mol. The summed E-state index contributed by atoms with van der Waals surface area (Å²) in [5, 5.41) is 2.61. The largest absolute Gasteiger partial charge is 0.499 e. The predicted octanol–water partition coefficient (Wildman–Crippen LogP) is 0.299. The molecule has 0 aromatic heterocycles. The number of ether oxygens (including phenoxy) is 2. The van der Waals surface area contributed by atoms with Crippen LogP contribution in [0.15, 0.2) is 12.8 Å². The summed E-state index contributed by atoms with van der Waals surface area (Å²) in [6.45, 7) is 6.94. The summed E-state index contributed by atoms with van der Waals surface area (Å²) < 4.78 is 9.91. The lowest BCUT2D eigenvalue weighted by atomic mass is 10.6. The molecule has 4 nitrogen and oxygen atoms in total. The van der Waals surface area contributed by atoms with Gasteiger partial charge in [0, 0.05) is 13.5 Å². The maximum absolute atomic E-state index is 10.4. The average Bonchev–Trinajstić information content (AvgIpc) is 2.02. The van der Waals surface area contributed by atoms with Gasteiger partial charge >= 0.3 is 0 Å². The van der Waals surface area contributed by atoms with Crippen LogP contribution < -0.4 is 5.32 Å². The van der Waals surface area contributed by atoms with E-state index in [2.05, 4.69) is 11.9 Å². The van der Waals surface area contributed by atoms with Gasteiger partial charge in [-0.05, 0) is 0 Å². The Morgan fingerprint density at radius 3 is 2.83 bits per heavy atom. The maximum atomic E-state index is 10.4. The lowest BCUT2D eigenvalue weighted by molar-refractivity contribution is -0.119. The summed E-state index contributed by atoms with van der Waals surface area (Å²) in [6, 6.07) is 0. The molecule has 0 rings (SSSR count). The van der Waals surface area contributed by atoms with Gasteiger partial charge in [0.05, 0.1) is 19.5 Å². The molecule has 4 heteroatoms. The van der Waals surface area contributed by atoms with E-state index in [0.29, 0.717) is 26.4 Å². The van der Waals surface area contributed by atoms with E-state index in [0.717, 1.165) is 0 Å². The molecular formula is C8H15NO3. The van der Waals surface area contributed by atoms with Gasteiger partial charge < -0.3 is 14.8 Å². The summed E-state index contributed by atoms with van der Waals surface area (Å²) in [4.78, 5) is 10.4. The molecule has 0 spiro atoms. The van der Waals surface area contributed by atoms with Crippen molar-refractivity contribution in [3.8, 4) is 0 Å². The van der Waals surface area contributed by atoms with Gasteiger partial charge in [0.2, 0.25) is 5.91 Å². The number of carbonyl (C=O) groups excluding carboxylic acids is 1. The molecule has 1 amide bonds. The highest BCUT2D eigenvalue weighted by molar-refractivity contribution is 5.72. The molecule has 0 bridgehead atoms. The minimum Gasteiger partial charge on any atom is -0.499 e. The van der Waals surface area contributed by atoms with E-state index in [1.54, 1.807) is 0 Å². The fraction of sp³-hybridized carbons (Fsp3) is 0.625. The van der Waals surface area contributed by atoms with Crippen molar-refractivity contribution in [1.82, 2.24) is 5.32 Å². The van der Waals surface area contributed by atoms with Crippen LogP contribution in [0.4, 0.5) is 0 Å². The van der Waals surface area contributed by atoms with Crippen molar-refractivity contribution < 1.29 is 14.3 Å². The zero-order valence-electron chi connectivity index (χ0n) is 7.34. The van der Waals surface area contributed by atoms with Crippen LogP contribution in [0.2, 0.25) is 0 Å². The fourth-order valence-corrected chi connectivity index (χ4v) is 0.592. The minimum atomic E-state index is -0.0408. The van der Waals surface area contributed by atoms with Crippen molar-refractivity contribution in [2.45, 2.75) is 6.92 Å². The van der Waals surface area contributed by atoms with Gasteiger partial charge in [-0.1, -0.05) is 6.58 Å². The van der Waals surface area contributed by atoms with Crippen LogP contribution in [0.1, 0.15) is 6.92 Å². The fourth-order valence-electron chi connectivity index (χ4n) is 0.592. The van der Waals surface area contributed by atoms with Crippen molar-refractivity contribution in [3.05, 3.63) is 12.8 Å². The third-order valence-corrected chi connectivity index (χ3v) is 1.08. The van der Waals surface area contributed by atoms with Crippen molar-refractivity contribution in [1.29, 1.82) is 0 Å². The van der Waals surface area contributed by atoms with Gasteiger partial charge in [-0.3, -0.25) is 4.79 Å². The standard InChI is InChI=1S/C8H15NO3/c1-3-11-6-7-12-5-4-9-8(2)10/h3H,1,4-7H2,2H3,(H,9,10). The van der Waals surface area contributed by atoms with Gasteiger partial charge in [-0.2, -0.15) is 0 Å². The topological polar surface area (TPSA) is 47.6 Å². The highest BCUT2D eigenvalue weighted by atomic mass is 16.5. The molecule has 70 valence electrons. The first-order valence-corrected chi connectivity index (χ1v) is 3.82. The Morgan fingerprint density at radius 2 is 2.25 bits per heavy atom. The van der Waals surface area contributed by atoms with Crippen molar-refractivity contribution >= 4 is 5.91 Å². The Bertz CT molecular complexity index is 136. The highest BCUT2D eigenvalue weighted by Gasteiger charge is 1.90. The molecule has 0 fully saturated rings. The zero-order chi connectivity index (χ0) is 9.23. The van der Waals surface area contributed by atoms with Crippen LogP contribution in [-0.2, 0) is 14.3 Å². The molecule has 0 saturated carbocycles. The Hall–Kier alpha value is -1.03. The lowest BCUT2D eigenvalue weighted by Crippen LogP contribution is -2.24. The van der Waals surface area contributed by atoms with Gasteiger partial charge in [0.25, 0.3) is 0 Å². The van der Waals surface area contributed by atoms with Crippen LogP contribution in [0.25, 0.3) is 0 Å². The SMILES string of the molecule is C=COCCOCCNC(C)=O. The molecule has 0 saturated heterocycles. The van der Waals surface area contributed by atoms with Crippen molar-refractivity contribution in [2.24, 2.45) is 0 Å². The third-order valence-electron chi connectivity index (χ3n) is 1.08. The van der Waals surface area contributed by atoms with Gasteiger partial charge in [-0.15, -0.1) is 0 Å². The van der Waals surface area contributed by atoms with Gasteiger partial charge in [0.1, 0.15) is 6.61 Å². The second-order valence-electron chi connectivity index (χ2n) is 2.13. The molecule has 0 radical (unpaired) electrons. The number of rotatable bonds is 7. The van der Waals surface area contributed by atoms with E-state index in [9.17, 15) is 4.79 Å². The van der Waals surface area contributed by atoms with Crippen molar-refractivity contribution in [2.75, 3.05) is 26.4 Å². The molecule has 0 unspecified atom stereocenters. The minimum absolute atomic E-state index is 0.0408. The normalized spacial score (nSPS) is 9.08. The molecule has 0 heterocycles. The summed E-state index contributed by atoms with van der Waals surface area (Å²) >= 11 is 0. The number of hydrogen-bond acceptors (Lipinski definition) is 3. The molecular weight excluding hydrogens is 158 g/mol. The van der Waals surface area contributed by atoms with E-state index in [1.807, 2.05) is 0 Å². The van der Waals surface area contributed by atoms with E-state index in [-0.39, 0.29) is 5.91 Å². The van der Waals surface area contributed by atoms with Crippen molar-refractivity contribution in [3.63, 3.8) is 0 Å². The lowest BCUT2D eigenvalue weighted by Gasteiger charge is -2.03. The smallest absolute Gasteiger partial charge is 0.216 e. The Kier molecular flexibility index (Phi) is 7.38. The Balaban J connectivity index is 2.90. The average molecular weight is 173 g/mol. The van der Waals surface area contributed by atoms with E-state index >= 15 is 0 Å². The van der Waals surface area contributed by atoms with Crippen LogP contribution in [0, 0.1) is 0 Å². The zero-order valence-corrected chi connectivity index (χ0v) is 7.34. The van der Waals surface area contributed by atoms with Gasteiger partial charge in [-0.25, -0.2) is 0 Å². The molecule has 0 aliphatic rings. The third kappa shape index (κ3) is 8.97. The quantitative estimate of drug-likeness (QED) is 0.445. The summed E-state index contributed by atoms with van der Waals surface area (Å²) in [5.41, 5.74) is 0. The van der Waals surface area contributed by atoms with Gasteiger partial charge in [0.15, 0.2) is 0 Å². The highest BCUT2D eigenvalue weighted by Crippen LogP contribution is 1.77. The summed E-state index contributed by atoms with van der Waals surface area (Å²) in [5.74, 6) is -0.0408. The first-order chi connectivity index (χ1) is 5.77. The number of hydrogen-bond donors (Lipinski definition) is 1. The number of nitrogens with one attached hydrogen (secondary N) is 1. The number of carbonyl (C=O) groups is 1. The van der Waals surface area contributed by atoms with Crippen LogP contribution in [-0.4, -0.2) is 32.3 Å². The second-order valence-corrected chi connectivity index (χ2v) is 2.13. The van der Waals surface area contributed by atoms with Crippen LogP contribution in [0.3, 0.4) is 0 Å². The molecule has 1 N–H and O–H groups in total. The van der Waals surface area contributed by atoms with E-state index in [1.165, 1.54) is 13.2 Å². The first-order valence-electron chi connectivity index (χ1n) is 3.82. The van der Waals surface area contributed by atoms with E-state index in [4.69, 9.17) is 9.47 Å². The second kappa shape index (κ2) is 8.07. The molecule has 0 aliphatic heterocycles. The maximum Gasteiger partial charge on any atom is 0.216 e. The summed E-state index contributed by atoms with van der Waals surface area (Å²) in [7, 11) is 0. The van der Waals surface area contributed by atoms with E-state index < -0.39 is 0 Å². The molecule has 12 heavy (non-hydrogen) atoms. The Morgan fingerprint density at radius 1 is 1.50 bits per heavy atom. The first kappa shape index (κ1) is 11.0.